The standard InChI is InChI=1S/C19H21ClFN3S2/c20-18-14(4-3-5-15(18)26-21)25-17-13-22-16(12-23-17)24-10-8-19(9-11-24)6-1-2-7-19/h3-5,12-13H,1-2,6-11H2. The van der Waals surface area contributed by atoms with Gasteiger partial charge in [0, 0.05) is 18.0 Å². The highest BCUT2D eigenvalue weighted by molar-refractivity contribution is 7.99. The van der Waals surface area contributed by atoms with E-state index in [4.69, 9.17) is 11.6 Å². The normalized spacial score (nSPS) is 19.2. The molecule has 1 aliphatic carbocycles. The predicted octanol–water partition coefficient (Wildman–Crippen LogP) is 6.42. The van der Waals surface area contributed by atoms with Crippen LogP contribution in [0.2, 0.25) is 5.02 Å². The van der Waals surface area contributed by atoms with Crippen LogP contribution in [0.25, 0.3) is 0 Å². The summed E-state index contributed by atoms with van der Waals surface area (Å²) in [6, 6.07) is 5.33. The topological polar surface area (TPSA) is 29.0 Å². The zero-order valence-corrected chi connectivity index (χ0v) is 16.8. The molecule has 2 fully saturated rings. The molecular formula is C19H21ClFN3S2. The minimum absolute atomic E-state index is 0.161. The van der Waals surface area contributed by atoms with Crippen molar-refractivity contribution >= 4 is 41.3 Å². The Morgan fingerprint density at radius 1 is 1.00 bits per heavy atom. The Bertz CT molecular complexity index is 756. The van der Waals surface area contributed by atoms with Crippen molar-refractivity contribution in [1.29, 1.82) is 0 Å². The molecule has 1 saturated carbocycles. The maximum absolute atomic E-state index is 12.9. The Morgan fingerprint density at radius 3 is 2.38 bits per heavy atom. The van der Waals surface area contributed by atoms with Gasteiger partial charge >= 0.3 is 0 Å². The number of halogens is 2. The lowest BCUT2D eigenvalue weighted by molar-refractivity contribution is 0.226. The van der Waals surface area contributed by atoms with E-state index in [0.29, 0.717) is 15.3 Å². The molecular weight excluding hydrogens is 389 g/mol. The summed E-state index contributed by atoms with van der Waals surface area (Å²) in [6.07, 6.45) is 11.8. The molecule has 2 aliphatic rings. The molecule has 0 radical (unpaired) electrons. The number of piperidine rings is 1. The third-order valence-electron chi connectivity index (χ3n) is 5.65. The zero-order valence-electron chi connectivity index (χ0n) is 14.5. The summed E-state index contributed by atoms with van der Waals surface area (Å²) in [4.78, 5) is 12.7. The summed E-state index contributed by atoms with van der Waals surface area (Å²) in [6.45, 7) is 2.14. The Balaban J connectivity index is 1.41. The Labute approximate surface area is 167 Å². The first-order valence-electron chi connectivity index (χ1n) is 9.01. The van der Waals surface area contributed by atoms with Crippen LogP contribution in [0, 0.1) is 5.41 Å². The first kappa shape index (κ1) is 18.4. The molecule has 0 bridgehead atoms. The van der Waals surface area contributed by atoms with Gasteiger partial charge in [0.1, 0.15) is 10.8 Å². The van der Waals surface area contributed by atoms with Crippen LogP contribution in [0.5, 0.6) is 0 Å². The molecule has 0 N–H and O–H groups in total. The van der Waals surface area contributed by atoms with Gasteiger partial charge in [0.2, 0.25) is 0 Å². The first-order valence-corrected chi connectivity index (χ1v) is 10.9. The van der Waals surface area contributed by atoms with E-state index in [9.17, 15) is 3.89 Å². The second kappa shape index (κ2) is 7.95. The van der Waals surface area contributed by atoms with Crippen LogP contribution in [-0.4, -0.2) is 23.1 Å². The molecule has 2 heterocycles. The molecule has 0 amide bonds. The van der Waals surface area contributed by atoms with Gasteiger partial charge in [-0.15, -0.1) is 0 Å². The number of rotatable bonds is 4. The molecule has 4 rings (SSSR count). The summed E-state index contributed by atoms with van der Waals surface area (Å²) in [7, 11) is 0. The van der Waals surface area contributed by atoms with Gasteiger partial charge in [0.15, 0.2) is 0 Å². The highest BCUT2D eigenvalue weighted by atomic mass is 35.5. The fraction of sp³-hybridized carbons (Fsp3) is 0.474. The Hall–Kier alpha value is -0.980. The smallest absolute Gasteiger partial charge is 0.147 e. The second-order valence-corrected chi connectivity index (χ2v) is 9.19. The number of benzene rings is 1. The lowest BCUT2D eigenvalue weighted by Gasteiger charge is -2.39. The minimum Gasteiger partial charge on any atom is -0.355 e. The molecule has 1 aromatic heterocycles. The quantitative estimate of drug-likeness (QED) is 0.581. The minimum atomic E-state index is 0.161. The molecule has 26 heavy (non-hydrogen) atoms. The van der Waals surface area contributed by atoms with Gasteiger partial charge in [-0.05, 0) is 43.2 Å². The summed E-state index contributed by atoms with van der Waals surface area (Å²) < 4.78 is 12.9. The first-order chi connectivity index (χ1) is 12.7. The van der Waals surface area contributed by atoms with Crippen molar-refractivity contribution in [2.75, 3.05) is 18.0 Å². The van der Waals surface area contributed by atoms with E-state index in [1.807, 2.05) is 12.3 Å². The maximum atomic E-state index is 12.9. The third kappa shape index (κ3) is 3.82. The highest BCUT2D eigenvalue weighted by Crippen LogP contribution is 2.46. The van der Waals surface area contributed by atoms with Crippen molar-refractivity contribution in [1.82, 2.24) is 9.97 Å². The van der Waals surface area contributed by atoms with E-state index in [-0.39, 0.29) is 12.1 Å². The summed E-state index contributed by atoms with van der Waals surface area (Å²) in [5.74, 6) is 0.946. The number of nitrogens with zero attached hydrogens (tertiary/aromatic N) is 3. The van der Waals surface area contributed by atoms with Gasteiger partial charge in [-0.1, -0.05) is 42.3 Å². The fourth-order valence-electron chi connectivity index (χ4n) is 4.10. The van der Waals surface area contributed by atoms with Gasteiger partial charge in [-0.3, -0.25) is 0 Å². The van der Waals surface area contributed by atoms with Crippen molar-refractivity contribution in [3.63, 3.8) is 0 Å². The van der Waals surface area contributed by atoms with Crippen LogP contribution in [0.3, 0.4) is 0 Å². The molecule has 0 unspecified atom stereocenters. The second-order valence-electron chi connectivity index (χ2n) is 7.15. The Kier molecular flexibility index (Phi) is 5.62. The van der Waals surface area contributed by atoms with Crippen LogP contribution in [0.1, 0.15) is 38.5 Å². The van der Waals surface area contributed by atoms with Gasteiger partial charge in [-0.25, -0.2) is 9.97 Å². The highest BCUT2D eigenvalue weighted by Gasteiger charge is 2.37. The molecule has 1 aromatic carbocycles. The summed E-state index contributed by atoms with van der Waals surface area (Å²) in [5.41, 5.74) is 0.607. The average Bonchev–Trinajstić information content (AvgIpc) is 3.13. The molecule has 2 aromatic rings. The fourth-order valence-corrected chi connectivity index (χ4v) is 5.59. The van der Waals surface area contributed by atoms with Crippen LogP contribution in [-0.2, 0) is 0 Å². The molecule has 138 valence electrons. The van der Waals surface area contributed by atoms with E-state index in [2.05, 4.69) is 14.9 Å². The molecule has 1 spiro atoms. The molecule has 1 aliphatic heterocycles. The van der Waals surface area contributed by atoms with E-state index in [0.717, 1.165) is 28.8 Å². The SMILES string of the molecule is FSc1cccc(Sc2cnc(N3CCC4(CCCC4)CC3)cn2)c1Cl. The van der Waals surface area contributed by atoms with E-state index in [1.165, 1.54) is 50.3 Å². The maximum Gasteiger partial charge on any atom is 0.147 e. The molecule has 1 saturated heterocycles. The molecule has 0 atom stereocenters. The van der Waals surface area contributed by atoms with Crippen LogP contribution >= 0.6 is 35.5 Å². The van der Waals surface area contributed by atoms with Crippen LogP contribution in [0.4, 0.5) is 9.70 Å². The van der Waals surface area contributed by atoms with Crippen molar-refractivity contribution in [2.45, 2.75) is 53.3 Å². The zero-order chi connectivity index (χ0) is 18.0. The van der Waals surface area contributed by atoms with Crippen molar-refractivity contribution in [2.24, 2.45) is 5.41 Å². The third-order valence-corrected chi connectivity index (χ3v) is 7.77. The summed E-state index contributed by atoms with van der Waals surface area (Å²) >= 11 is 7.80. The van der Waals surface area contributed by atoms with Gasteiger partial charge in [0.25, 0.3) is 0 Å². The number of hydrogen-bond donors (Lipinski definition) is 0. The molecule has 7 heteroatoms. The van der Waals surface area contributed by atoms with Crippen LogP contribution in [0.15, 0.2) is 45.4 Å². The van der Waals surface area contributed by atoms with E-state index >= 15 is 0 Å². The number of anilines is 1. The number of aromatic nitrogens is 2. The van der Waals surface area contributed by atoms with Gasteiger partial charge in [0.05, 0.1) is 34.5 Å². The van der Waals surface area contributed by atoms with E-state index < -0.39 is 0 Å². The predicted molar refractivity (Wildman–Crippen MR) is 107 cm³/mol. The number of hydrogen-bond acceptors (Lipinski definition) is 5. The van der Waals surface area contributed by atoms with Gasteiger partial charge < -0.3 is 4.90 Å². The lowest BCUT2D eigenvalue weighted by atomic mass is 9.77. The van der Waals surface area contributed by atoms with Gasteiger partial charge in [-0.2, -0.15) is 3.89 Å². The molecule has 3 nitrogen and oxygen atoms in total. The van der Waals surface area contributed by atoms with Crippen molar-refractivity contribution < 1.29 is 3.89 Å². The summed E-state index contributed by atoms with van der Waals surface area (Å²) in [5, 5.41) is 1.19. The average molecular weight is 410 g/mol. The van der Waals surface area contributed by atoms with E-state index in [1.54, 1.807) is 18.3 Å². The monoisotopic (exact) mass is 409 g/mol. The largest absolute Gasteiger partial charge is 0.355 e. The van der Waals surface area contributed by atoms with Crippen molar-refractivity contribution in [3.05, 3.63) is 35.6 Å². The van der Waals surface area contributed by atoms with Crippen molar-refractivity contribution in [3.8, 4) is 0 Å². The lowest BCUT2D eigenvalue weighted by Crippen LogP contribution is -2.39. The van der Waals surface area contributed by atoms with Crippen LogP contribution < -0.4 is 4.90 Å². The Morgan fingerprint density at radius 2 is 1.73 bits per heavy atom.